The summed E-state index contributed by atoms with van der Waals surface area (Å²) in [5, 5.41) is 0. The summed E-state index contributed by atoms with van der Waals surface area (Å²) in [5.74, 6) is 2.18. The highest BCUT2D eigenvalue weighted by molar-refractivity contribution is 5.77. The van der Waals surface area contributed by atoms with Crippen molar-refractivity contribution in [2.75, 3.05) is 13.7 Å². The van der Waals surface area contributed by atoms with Crippen molar-refractivity contribution < 1.29 is 13.9 Å². The van der Waals surface area contributed by atoms with Crippen LogP contribution in [0.5, 0.6) is 5.75 Å². The first-order valence-corrected chi connectivity index (χ1v) is 9.97. The van der Waals surface area contributed by atoms with E-state index in [-0.39, 0.29) is 11.9 Å². The standard InChI is InChI=1S/C24H28N2O3/c1-5-26(18(3)20-7-6-8-21(15-20)28-4)24(27)14-13-23-25-16-22(29-23)19-11-9-17(2)10-12-19/h6-12,15-16,18H,5,13-14H2,1-4H3. The van der Waals surface area contributed by atoms with E-state index < -0.39 is 0 Å². The lowest BCUT2D eigenvalue weighted by Gasteiger charge is -2.28. The van der Waals surface area contributed by atoms with Crippen molar-refractivity contribution >= 4 is 5.91 Å². The monoisotopic (exact) mass is 392 g/mol. The Balaban J connectivity index is 1.63. The Morgan fingerprint density at radius 2 is 1.97 bits per heavy atom. The topological polar surface area (TPSA) is 55.6 Å². The number of oxazole rings is 1. The normalized spacial score (nSPS) is 11.9. The van der Waals surface area contributed by atoms with Crippen LogP contribution < -0.4 is 4.74 Å². The summed E-state index contributed by atoms with van der Waals surface area (Å²) < 4.78 is 11.2. The largest absolute Gasteiger partial charge is 0.497 e. The minimum absolute atomic E-state index is 0.0321. The van der Waals surface area contributed by atoms with Crippen LogP contribution in [0.25, 0.3) is 11.3 Å². The minimum atomic E-state index is -0.0321. The van der Waals surface area contributed by atoms with Gasteiger partial charge in [-0.1, -0.05) is 42.0 Å². The van der Waals surface area contributed by atoms with Gasteiger partial charge in [0.25, 0.3) is 0 Å². The van der Waals surface area contributed by atoms with Gasteiger partial charge in [-0.05, 0) is 38.5 Å². The third kappa shape index (κ3) is 5.05. The zero-order valence-corrected chi connectivity index (χ0v) is 17.5. The average Bonchev–Trinajstić information content (AvgIpc) is 3.22. The molecule has 1 unspecified atom stereocenters. The van der Waals surface area contributed by atoms with Crippen LogP contribution in [0.3, 0.4) is 0 Å². The summed E-state index contributed by atoms with van der Waals surface area (Å²) in [6, 6.07) is 15.9. The van der Waals surface area contributed by atoms with Crippen molar-refractivity contribution in [3.8, 4) is 17.1 Å². The van der Waals surface area contributed by atoms with Gasteiger partial charge in [0, 0.05) is 24.9 Å². The van der Waals surface area contributed by atoms with Crippen molar-refractivity contribution in [3.05, 3.63) is 71.7 Å². The van der Waals surface area contributed by atoms with Gasteiger partial charge in [-0.3, -0.25) is 4.79 Å². The van der Waals surface area contributed by atoms with Gasteiger partial charge in [0.05, 0.1) is 19.3 Å². The predicted octanol–water partition coefficient (Wildman–Crippen LogP) is 5.20. The molecule has 0 bridgehead atoms. The number of aromatic nitrogens is 1. The second-order valence-corrected chi connectivity index (χ2v) is 7.12. The highest BCUT2D eigenvalue weighted by Crippen LogP contribution is 2.25. The Kier molecular flexibility index (Phi) is 6.70. The van der Waals surface area contributed by atoms with Crippen LogP contribution in [0, 0.1) is 6.92 Å². The number of benzene rings is 2. The van der Waals surface area contributed by atoms with Crippen molar-refractivity contribution in [1.29, 1.82) is 0 Å². The molecule has 3 rings (SSSR count). The van der Waals surface area contributed by atoms with E-state index >= 15 is 0 Å². The van der Waals surface area contributed by atoms with Gasteiger partial charge < -0.3 is 14.1 Å². The lowest BCUT2D eigenvalue weighted by atomic mass is 10.1. The first-order chi connectivity index (χ1) is 14.0. The number of amides is 1. The molecule has 0 spiro atoms. The Morgan fingerprint density at radius 3 is 2.66 bits per heavy atom. The van der Waals surface area contributed by atoms with Gasteiger partial charge in [0.2, 0.25) is 5.91 Å². The van der Waals surface area contributed by atoms with E-state index in [0.29, 0.717) is 25.3 Å². The fourth-order valence-corrected chi connectivity index (χ4v) is 3.38. The fourth-order valence-electron chi connectivity index (χ4n) is 3.38. The quantitative estimate of drug-likeness (QED) is 0.529. The van der Waals surface area contributed by atoms with Crippen LogP contribution in [-0.2, 0) is 11.2 Å². The fraction of sp³-hybridized carbons (Fsp3) is 0.333. The van der Waals surface area contributed by atoms with Gasteiger partial charge in [-0.15, -0.1) is 0 Å². The summed E-state index contributed by atoms with van der Waals surface area (Å²) in [4.78, 5) is 19.1. The second kappa shape index (κ2) is 9.41. The molecular weight excluding hydrogens is 364 g/mol. The summed E-state index contributed by atoms with van der Waals surface area (Å²) in [7, 11) is 1.65. The van der Waals surface area contributed by atoms with Gasteiger partial charge >= 0.3 is 0 Å². The van der Waals surface area contributed by atoms with E-state index in [1.807, 2.05) is 74.2 Å². The molecule has 0 N–H and O–H groups in total. The molecule has 0 aliphatic heterocycles. The van der Waals surface area contributed by atoms with Crippen molar-refractivity contribution in [2.45, 2.75) is 39.7 Å². The summed E-state index contributed by atoms with van der Waals surface area (Å²) >= 11 is 0. The van der Waals surface area contributed by atoms with E-state index in [1.54, 1.807) is 13.3 Å². The van der Waals surface area contributed by atoms with E-state index in [9.17, 15) is 4.79 Å². The molecule has 0 saturated heterocycles. The highest BCUT2D eigenvalue weighted by atomic mass is 16.5. The molecule has 152 valence electrons. The van der Waals surface area contributed by atoms with Crippen LogP contribution in [0.2, 0.25) is 0 Å². The first-order valence-electron chi connectivity index (χ1n) is 9.97. The van der Waals surface area contributed by atoms with Crippen LogP contribution >= 0.6 is 0 Å². The molecular formula is C24H28N2O3. The number of carbonyl (C=O) groups is 1. The average molecular weight is 392 g/mol. The molecule has 0 saturated carbocycles. The lowest BCUT2D eigenvalue weighted by Crippen LogP contribution is -2.33. The van der Waals surface area contributed by atoms with Crippen LogP contribution in [0.1, 0.15) is 43.3 Å². The Morgan fingerprint density at radius 1 is 1.21 bits per heavy atom. The van der Waals surface area contributed by atoms with E-state index in [2.05, 4.69) is 4.98 Å². The molecule has 5 heteroatoms. The zero-order chi connectivity index (χ0) is 20.8. The van der Waals surface area contributed by atoms with E-state index in [0.717, 1.165) is 22.6 Å². The molecule has 1 amide bonds. The predicted molar refractivity (Wildman–Crippen MR) is 114 cm³/mol. The second-order valence-electron chi connectivity index (χ2n) is 7.12. The molecule has 2 aromatic carbocycles. The number of ether oxygens (including phenoxy) is 1. The SMILES string of the molecule is CCN(C(=O)CCc1ncc(-c2ccc(C)cc2)o1)C(C)c1cccc(OC)c1. The maximum absolute atomic E-state index is 12.9. The van der Waals surface area contributed by atoms with Crippen LogP contribution in [-0.4, -0.2) is 29.4 Å². The van der Waals surface area contributed by atoms with Crippen molar-refractivity contribution in [1.82, 2.24) is 9.88 Å². The summed E-state index contributed by atoms with van der Waals surface area (Å²) in [6.45, 7) is 6.72. The highest BCUT2D eigenvalue weighted by Gasteiger charge is 2.21. The van der Waals surface area contributed by atoms with Crippen LogP contribution in [0.4, 0.5) is 0 Å². The van der Waals surface area contributed by atoms with E-state index in [4.69, 9.17) is 9.15 Å². The Hall–Kier alpha value is -3.08. The third-order valence-corrected chi connectivity index (χ3v) is 5.15. The number of methoxy groups -OCH3 is 1. The number of hydrogen-bond acceptors (Lipinski definition) is 4. The van der Waals surface area contributed by atoms with Crippen molar-refractivity contribution in [3.63, 3.8) is 0 Å². The molecule has 1 atom stereocenters. The smallest absolute Gasteiger partial charge is 0.223 e. The molecule has 1 heterocycles. The van der Waals surface area contributed by atoms with Gasteiger partial charge in [0.15, 0.2) is 11.7 Å². The number of hydrogen-bond donors (Lipinski definition) is 0. The third-order valence-electron chi connectivity index (χ3n) is 5.15. The number of rotatable bonds is 8. The van der Waals surface area contributed by atoms with Crippen molar-refractivity contribution in [2.24, 2.45) is 0 Å². The molecule has 0 aliphatic rings. The maximum Gasteiger partial charge on any atom is 0.223 e. The summed E-state index contributed by atoms with van der Waals surface area (Å²) in [5.41, 5.74) is 3.24. The molecule has 1 aromatic heterocycles. The molecule has 5 nitrogen and oxygen atoms in total. The minimum Gasteiger partial charge on any atom is -0.497 e. The number of carbonyl (C=O) groups excluding carboxylic acids is 1. The zero-order valence-electron chi connectivity index (χ0n) is 17.5. The molecule has 29 heavy (non-hydrogen) atoms. The Bertz CT molecular complexity index is 947. The maximum atomic E-state index is 12.9. The van der Waals surface area contributed by atoms with Crippen LogP contribution in [0.15, 0.2) is 59.1 Å². The Labute approximate surface area is 172 Å². The molecule has 0 aliphatic carbocycles. The molecule has 0 radical (unpaired) electrons. The number of nitrogens with zero attached hydrogens (tertiary/aromatic N) is 2. The van der Waals surface area contributed by atoms with Gasteiger partial charge in [-0.25, -0.2) is 4.98 Å². The first kappa shape index (κ1) is 20.6. The lowest BCUT2D eigenvalue weighted by molar-refractivity contribution is -0.133. The summed E-state index contributed by atoms with van der Waals surface area (Å²) in [6.07, 6.45) is 2.56. The van der Waals surface area contributed by atoms with Gasteiger partial charge in [0.1, 0.15) is 5.75 Å². The number of aryl methyl sites for hydroxylation is 2. The molecule has 0 fully saturated rings. The van der Waals surface area contributed by atoms with Gasteiger partial charge in [-0.2, -0.15) is 0 Å². The molecule has 3 aromatic rings. The van der Waals surface area contributed by atoms with E-state index in [1.165, 1.54) is 5.56 Å².